The Balaban J connectivity index is 2.46. The molecule has 0 saturated heterocycles. The summed E-state index contributed by atoms with van der Waals surface area (Å²) in [5.41, 5.74) is 1.17. The van der Waals surface area contributed by atoms with Crippen molar-refractivity contribution >= 4 is 23.2 Å². The Hall–Kier alpha value is -0.280. The second-order valence-corrected chi connectivity index (χ2v) is 5.06. The maximum absolute atomic E-state index is 6.00. The summed E-state index contributed by atoms with van der Waals surface area (Å²) < 4.78 is 0. The van der Waals surface area contributed by atoms with Gasteiger partial charge in [-0.2, -0.15) is 0 Å². The molecule has 0 aliphatic rings. The first kappa shape index (κ1) is 14.8. The molecule has 1 unspecified atom stereocenters. The zero-order chi connectivity index (χ0) is 12.8. The Morgan fingerprint density at radius 3 is 2.59 bits per heavy atom. The molecule has 1 N–H and O–H groups in total. The van der Waals surface area contributed by atoms with E-state index in [2.05, 4.69) is 31.1 Å². The van der Waals surface area contributed by atoms with Gasteiger partial charge in [0.25, 0.3) is 0 Å². The van der Waals surface area contributed by atoms with Gasteiger partial charge in [0.05, 0.1) is 10.0 Å². The number of hydrogen-bond acceptors (Lipinski definition) is 2. The van der Waals surface area contributed by atoms with Crippen molar-refractivity contribution < 1.29 is 0 Å². The number of likely N-dealkylation sites (N-methyl/N-ethyl adjacent to an activating group) is 1. The van der Waals surface area contributed by atoms with Crippen LogP contribution in [0.5, 0.6) is 0 Å². The van der Waals surface area contributed by atoms with Gasteiger partial charge in [-0.15, -0.1) is 0 Å². The molecule has 1 aromatic carbocycles. The predicted molar refractivity (Wildman–Crippen MR) is 76.1 cm³/mol. The minimum atomic E-state index is 0.287. The first-order chi connectivity index (χ1) is 8.04. The summed E-state index contributed by atoms with van der Waals surface area (Å²) in [6, 6.07) is 6.06. The third-order valence-electron chi connectivity index (χ3n) is 2.93. The van der Waals surface area contributed by atoms with Crippen molar-refractivity contribution in [3.63, 3.8) is 0 Å². The highest BCUT2D eigenvalue weighted by atomic mass is 35.5. The molecule has 4 heteroatoms. The summed E-state index contributed by atoms with van der Waals surface area (Å²) in [5.74, 6) is 0. The van der Waals surface area contributed by atoms with Gasteiger partial charge in [0.15, 0.2) is 0 Å². The minimum Gasteiger partial charge on any atom is -0.309 e. The molecule has 0 bridgehead atoms. The van der Waals surface area contributed by atoms with E-state index in [0.29, 0.717) is 10.0 Å². The lowest BCUT2D eigenvalue weighted by Crippen LogP contribution is -2.30. The zero-order valence-electron chi connectivity index (χ0n) is 10.6. The number of hydrogen-bond donors (Lipinski definition) is 1. The van der Waals surface area contributed by atoms with Gasteiger partial charge in [0.1, 0.15) is 0 Å². The Morgan fingerprint density at radius 1 is 1.29 bits per heavy atom. The Kier molecular flexibility index (Phi) is 6.28. The third-order valence-corrected chi connectivity index (χ3v) is 3.67. The minimum absolute atomic E-state index is 0.287. The maximum atomic E-state index is 6.00. The van der Waals surface area contributed by atoms with Crippen LogP contribution in [0, 0.1) is 0 Å². The predicted octanol–water partition coefficient (Wildman–Crippen LogP) is 3.60. The van der Waals surface area contributed by atoms with Crippen LogP contribution < -0.4 is 5.32 Å². The summed E-state index contributed by atoms with van der Waals surface area (Å²) >= 11 is 11.9. The summed E-state index contributed by atoms with van der Waals surface area (Å²) in [7, 11) is 2.12. The lowest BCUT2D eigenvalue weighted by molar-refractivity contribution is 0.342. The smallest absolute Gasteiger partial charge is 0.0595 e. The van der Waals surface area contributed by atoms with Crippen LogP contribution in [-0.2, 0) is 0 Å². The van der Waals surface area contributed by atoms with Gasteiger partial charge in [-0.25, -0.2) is 0 Å². The van der Waals surface area contributed by atoms with E-state index < -0.39 is 0 Å². The van der Waals surface area contributed by atoms with Gasteiger partial charge in [-0.1, -0.05) is 36.2 Å². The molecular formula is C13H20Cl2N2. The molecule has 96 valence electrons. The average molecular weight is 275 g/mol. The molecule has 0 amide bonds. The number of nitrogens with one attached hydrogen (secondary N) is 1. The zero-order valence-corrected chi connectivity index (χ0v) is 12.1. The van der Waals surface area contributed by atoms with Gasteiger partial charge in [0.2, 0.25) is 0 Å². The second-order valence-electron chi connectivity index (χ2n) is 4.25. The molecule has 0 heterocycles. The van der Waals surface area contributed by atoms with Crippen molar-refractivity contribution in [3.05, 3.63) is 33.8 Å². The first-order valence-corrected chi connectivity index (χ1v) is 6.67. The lowest BCUT2D eigenvalue weighted by Gasteiger charge is -2.18. The fraction of sp³-hybridized carbons (Fsp3) is 0.538. The van der Waals surface area contributed by atoms with E-state index in [1.807, 2.05) is 18.2 Å². The molecule has 1 rings (SSSR count). The van der Waals surface area contributed by atoms with Crippen molar-refractivity contribution in [2.24, 2.45) is 0 Å². The summed E-state index contributed by atoms with van der Waals surface area (Å²) in [6.07, 6.45) is 0. The van der Waals surface area contributed by atoms with Gasteiger partial charge < -0.3 is 10.2 Å². The third kappa shape index (κ3) is 4.84. The van der Waals surface area contributed by atoms with Crippen LogP contribution in [0.2, 0.25) is 10.0 Å². The monoisotopic (exact) mass is 274 g/mol. The van der Waals surface area contributed by atoms with E-state index >= 15 is 0 Å². The summed E-state index contributed by atoms with van der Waals surface area (Å²) in [6.45, 7) is 7.37. The van der Waals surface area contributed by atoms with E-state index in [0.717, 1.165) is 19.6 Å². The van der Waals surface area contributed by atoms with Crippen LogP contribution in [0.4, 0.5) is 0 Å². The summed E-state index contributed by atoms with van der Waals surface area (Å²) in [4.78, 5) is 2.27. The number of benzene rings is 1. The van der Waals surface area contributed by atoms with Crippen LogP contribution in [-0.4, -0.2) is 31.6 Å². The SMILES string of the molecule is CCN(C)CCNC(C)c1ccc(Cl)c(Cl)c1. The van der Waals surface area contributed by atoms with Crippen molar-refractivity contribution in [2.75, 3.05) is 26.7 Å². The molecule has 0 aromatic heterocycles. The van der Waals surface area contributed by atoms with Gasteiger partial charge in [-0.3, -0.25) is 0 Å². The van der Waals surface area contributed by atoms with Crippen molar-refractivity contribution in [1.82, 2.24) is 10.2 Å². The highest BCUT2D eigenvalue weighted by molar-refractivity contribution is 6.42. The van der Waals surface area contributed by atoms with Gasteiger partial charge >= 0.3 is 0 Å². The van der Waals surface area contributed by atoms with E-state index in [9.17, 15) is 0 Å². The fourth-order valence-corrected chi connectivity index (χ4v) is 1.84. The molecule has 0 spiro atoms. The first-order valence-electron chi connectivity index (χ1n) is 5.91. The second kappa shape index (κ2) is 7.22. The van der Waals surface area contributed by atoms with E-state index in [4.69, 9.17) is 23.2 Å². The molecular weight excluding hydrogens is 255 g/mol. The highest BCUT2D eigenvalue weighted by Crippen LogP contribution is 2.25. The standard InChI is InChI=1S/C13H20Cl2N2/c1-4-17(3)8-7-16-10(2)11-5-6-12(14)13(15)9-11/h5-6,9-10,16H,4,7-8H2,1-3H3. The molecule has 2 nitrogen and oxygen atoms in total. The molecule has 0 fully saturated rings. The number of halogens is 2. The Bertz CT molecular complexity index is 355. The molecule has 0 radical (unpaired) electrons. The molecule has 0 saturated carbocycles. The van der Waals surface area contributed by atoms with E-state index in [1.165, 1.54) is 5.56 Å². The molecule has 1 atom stereocenters. The molecule has 17 heavy (non-hydrogen) atoms. The number of nitrogens with zero attached hydrogens (tertiary/aromatic N) is 1. The molecule has 1 aromatic rings. The number of rotatable bonds is 6. The Morgan fingerprint density at radius 2 is 2.00 bits per heavy atom. The molecule has 0 aliphatic carbocycles. The van der Waals surface area contributed by atoms with E-state index in [-0.39, 0.29) is 6.04 Å². The average Bonchev–Trinajstić information content (AvgIpc) is 2.32. The van der Waals surface area contributed by atoms with E-state index in [1.54, 1.807) is 0 Å². The largest absolute Gasteiger partial charge is 0.309 e. The normalized spacial score (nSPS) is 13.1. The van der Waals surface area contributed by atoms with Crippen LogP contribution in [0.25, 0.3) is 0 Å². The molecule has 0 aliphatic heterocycles. The van der Waals surface area contributed by atoms with Crippen molar-refractivity contribution in [3.8, 4) is 0 Å². The van der Waals surface area contributed by atoms with Crippen LogP contribution >= 0.6 is 23.2 Å². The van der Waals surface area contributed by atoms with Crippen molar-refractivity contribution in [1.29, 1.82) is 0 Å². The van der Waals surface area contributed by atoms with Crippen molar-refractivity contribution in [2.45, 2.75) is 19.9 Å². The Labute approximate surface area is 114 Å². The topological polar surface area (TPSA) is 15.3 Å². The quantitative estimate of drug-likeness (QED) is 0.853. The lowest BCUT2D eigenvalue weighted by atomic mass is 10.1. The maximum Gasteiger partial charge on any atom is 0.0595 e. The van der Waals surface area contributed by atoms with Crippen LogP contribution in [0.15, 0.2) is 18.2 Å². The van der Waals surface area contributed by atoms with Crippen LogP contribution in [0.3, 0.4) is 0 Å². The summed E-state index contributed by atoms with van der Waals surface area (Å²) in [5, 5.41) is 4.69. The van der Waals surface area contributed by atoms with Gasteiger partial charge in [-0.05, 0) is 38.2 Å². The fourth-order valence-electron chi connectivity index (χ4n) is 1.53. The highest BCUT2D eigenvalue weighted by Gasteiger charge is 2.07. The van der Waals surface area contributed by atoms with Crippen LogP contribution in [0.1, 0.15) is 25.5 Å². The van der Waals surface area contributed by atoms with Gasteiger partial charge in [0, 0.05) is 19.1 Å².